The fourth-order valence-corrected chi connectivity index (χ4v) is 7.19. The molecule has 1 aromatic carbocycles. The molecule has 0 amide bonds. The summed E-state index contributed by atoms with van der Waals surface area (Å²) in [6.45, 7) is 0. The summed E-state index contributed by atoms with van der Waals surface area (Å²) in [5.74, 6) is -1.36. The lowest BCUT2D eigenvalue weighted by atomic mass is 9.61. The van der Waals surface area contributed by atoms with Gasteiger partial charge in [0.05, 0.1) is 10.8 Å². The summed E-state index contributed by atoms with van der Waals surface area (Å²) in [5, 5.41) is 15.0. The molecule has 3 saturated carbocycles. The number of hydrogen-bond donors (Lipinski definition) is 3. The number of rotatable bonds is 5. The minimum Gasteiger partial charge on any atom is -0.481 e. The Hall–Kier alpha value is -3.92. The number of aromatic nitrogens is 5. The van der Waals surface area contributed by atoms with Crippen LogP contribution in [0, 0.1) is 23.6 Å². The maximum atomic E-state index is 16.2. The first-order valence-electron chi connectivity index (χ1n) is 12.4. The van der Waals surface area contributed by atoms with Crippen LogP contribution in [0.2, 0.25) is 0 Å². The van der Waals surface area contributed by atoms with E-state index in [-0.39, 0.29) is 29.4 Å². The van der Waals surface area contributed by atoms with Crippen molar-refractivity contribution < 1.29 is 14.3 Å². The highest BCUT2D eigenvalue weighted by molar-refractivity contribution is 7.22. The topological polar surface area (TPSA) is 117 Å². The Morgan fingerprint density at radius 2 is 1.95 bits per heavy atom. The molecule has 0 saturated heterocycles. The average Bonchev–Trinajstić information content (AvgIpc) is 3.55. The van der Waals surface area contributed by atoms with Gasteiger partial charge in [0.15, 0.2) is 17.5 Å². The van der Waals surface area contributed by atoms with E-state index in [1.807, 2.05) is 30.3 Å². The molecule has 0 spiro atoms. The molecule has 4 aromatic heterocycles. The summed E-state index contributed by atoms with van der Waals surface area (Å²) in [4.78, 5) is 33.7. The normalized spacial score (nSPS) is 23.1. The fourth-order valence-electron chi connectivity index (χ4n) is 6.14. The molecule has 8 rings (SSSR count). The number of nitrogens with one attached hydrogen (secondary N) is 2. The van der Waals surface area contributed by atoms with E-state index in [2.05, 4.69) is 30.2 Å². The van der Waals surface area contributed by atoms with Crippen molar-refractivity contribution in [2.45, 2.75) is 31.7 Å². The second-order valence-corrected chi connectivity index (χ2v) is 11.0. The molecular weight excluding hydrogens is 491 g/mol. The van der Waals surface area contributed by atoms with Crippen LogP contribution < -0.4 is 5.32 Å². The van der Waals surface area contributed by atoms with E-state index in [0.717, 1.165) is 41.2 Å². The minimum atomic E-state index is -0.833. The van der Waals surface area contributed by atoms with Crippen LogP contribution in [0.5, 0.6) is 0 Å². The molecule has 5 aromatic rings. The van der Waals surface area contributed by atoms with E-state index in [1.165, 1.54) is 17.7 Å². The second-order valence-electron chi connectivity index (χ2n) is 9.90. The van der Waals surface area contributed by atoms with E-state index < -0.39 is 17.7 Å². The maximum absolute atomic E-state index is 16.2. The molecular formula is C27H23FN6O2S. The van der Waals surface area contributed by atoms with Crippen molar-refractivity contribution >= 4 is 44.2 Å². The van der Waals surface area contributed by atoms with Gasteiger partial charge in [-0.15, -0.1) is 11.3 Å². The molecule has 8 nitrogen and oxygen atoms in total. The number of benzene rings is 1. The molecule has 2 unspecified atom stereocenters. The lowest BCUT2D eigenvalue weighted by Crippen LogP contribution is -2.51. The molecule has 3 fully saturated rings. The quantitative estimate of drug-likeness (QED) is 0.274. The first-order chi connectivity index (χ1) is 18.1. The van der Waals surface area contributed by atoms with Crippen molar-refractivity contribution in [1.29, 1.82) is 0 Å². The lowest BCUT2D eigenvalue weighted by molar-refractivity contribution is -0.148. The number of hydrogen-bond acceptors (Lipinski definition) is 7. The molecule has 2 bridgehead atoms. The largest absolute Gasteiger partial charge is 0.481 e. The number of carbonyl (C=O) groups is 1. The van der Waals surface area contributed by atoms with Crippen molar-refractivity contribution in [1.82, 2.24) is 24.9 Å². The van der Waals surface area contributed by atoms with Crippen LogP contribution in [0.4, 0.5) is 10.2 Å². The number of aliphatic carboxylic acids is 1. The zero-order valence-electron chi connectivity index (χ0n) is 19.7. The van der Waals surface area contributed by atoms with E-state index in [1.54, 1.807) is 12.4 Å². The third-order valence-electron chi connectivity index (χ3n) is 7.91. The van der Waals surface area contributed by atoms with Crippen LogP contribution in [0.15, 0.2) is 49.1 Å². The number of nitrogens with zero attached hydrogens (tertiary/aromatic N) is 4. The highest BCUT2D eigenvalue weighted by Gasteiger charge is 2.47. The smallest absolute Gasteiger partial charge is 0.308 e. The number of carboxylic acids is 1. The SMILES string of the molecule is O=C(O)C1C2CCC(CC2)C1Nc1nc(-c2c[nH]c3ncncc23)nc(-c2cc3ccccc3s2)c1F. The van der Waals surface area contributed by atoms with Crippen molar-refractivity contribution in [3.8, 4) is 22.0 Å². The lowest BCUT2D eigenvalue weighted by Gasteiger charge is -2.47. The zero-order chi connectivity index (χ0) is 25.1. The molecule has 3 aliphatic rings. The van der Waals surface area contributed by atoms with Gasteiger partial charge in [-0.05, 0) is 55.0 Å². The molecule has 2 atom stereocenters. The van der Waals surface area contributed by atoms with Crippen LogP contribution in [0.25, 0.3) is 43.1 Å². The number of aromatic amines is 1. The Morgan fingerprint density at radius 1 is 1.14 bits per heavy atom. The summed E-state index contributed by atoms with van der Waals surface area (Å²) < 4.78 is 17.2. The Balaban J connectivity index is 1.39. The van der Waals surface area contributed by atoms with Crippen LogP contribution in [0.1, 0.15) is 25.7 Å². The number of H-pyrrole nitrogens is 1. The van der Waals surface area contributed by atoms with Crippen molar-refractivity contribution in [3.63, 3.8) is 0 Å². The Kier molecular flexibility index (Phi) is 5.17. The maximum Gasteiger partial charge on any atom is 0.308 e. The molecule has 10 heteroatoms. The molecule has 0 radical (unpaired) electrons. The Labute approximate surface area is 215 Å². The molecule has 0 aliphatic heterocycles. The molecule has 3 N–H and O–H groups in total. The van der Waals surface area contributed by atoms with Crippen molar-refractivity contribution in [2.75, 3.05) is 5.32 Å². The molecule has 37 heavy (non-hydrogen) atoms. The number of anilines is 1. The van der Waals surface area contributed by atoms with Crippen LogP contribution in [0.3, 0.4) is 0 Å². The first-order valence-corrected chi connectivity index (χ1v) is 13.2. The summed E-state index contributed by atoms with van der Waals surface area (Å²) in [7, 11) is 0. The van der Waals surface area contributed by atoms with Crippen LogP contribution in [-0.4, -0.2) is 42.0 Å². The average molecular weight is 515 g/mol. The van der Waals surface area contributed by atoms with Gasteiger partial charge in [0.1, 0.15) is 17.7 Å². The van der Waals surface area contributed by atoms with Crippen LogP contribution in [-0.2, 0) is 4.79 Å². The fraction of sp³-hybridized carbons (Fsp3) is 0.296. The van der Waals surface area contributed by atoms with E-state index >= 15 is 4.39 Å². The van der Waals surface area contributed by atoms with Gasteiger partial charge >= 0.3 is 5.97 Å². The second kappa shape index (κ2) is 8.58. The molecule has 3 aliphatic carbocycles. The van der Waals surface area contributed by atoms with Crippen LogP contribution >= 0.6 is 11.3 Å². The minimum absolute atomic E-state index is 0.0347. The third kappa shape index (κ3) is 3.66. The monoisotopic (exact) mass is 514 g/mol. The van der Waals surface area contributed by atoms with Gasteiger partial charge in [0, 0.05) is 34.1 Å². The van der Waals surface area contributed by atoms with Gasteiger partial charge in [-0.25, -0.2) is 24.3 Å². The van der Waals surface area contributed by atoms with Gasteiger partial charge in [-0.2, -0.15) is 0 Å². The van der Waals surface area contributed by atoms with Gasteiger partial charge in [-0.1, -0.05) is 18.2 Å². The standard InChI is InChI=1S/C27H23FN6O2S/c28-21-23(19-9-15-3-1-2-4-18(15)37-19)33-25(17-11-30-24-16(17)10-29-12-31-24)34-26(21)32-22-14-7-5-13(6-8-14)20(22)27(35)36/h1-4,9-14,20,22H,5-8H2,(H,35,36)(H,29,30,31)(H,32,33,34). The summed E-state index contributed by atoms with van der Waals surface area (Å²) in [6.07, 6.45) is 8.55. The number of thiophene rings is 1. The highest BCUT2D eigenvalue weighted by Crippen LogP contribution is 2.47. The van der Waals surface area contributed by atoms with E-state index in [0.29, 0.717) is 21.9 Å². The number of halogens is 1. The highest BCUT2D eigenvalue weighted by atomic mass is 32.1. The van der Waals surface area contributed by atoms with Crippen molar-refractivity contribution in [2.24, 2.45) is 17.8 Å². The van der Waals surface area contributed by atoms with E-state index in [4.69, 9.17) is 0 Å². The summed E-state index contributed by atoms with van der Waals surface area (Å²) in [5.41, 5.74) is 1.47. The Morgan fingerprint density at radius 3 is 2.76 bits per heavy atom. The van der Waals surface area contributed by atoms with Gasteiger partial charge in [-0.3, -0.25) is 4.79 Å². The zero-order valence-corrected chi connectivity index (χ0v) is 20.5. The number of carboxylic acid groups (broad SMARTS) is 1. The molecule has 4 heterocycles. The van der Waals surface area contributed by atoms with Crippen molar-refractivity contribution in [3.05, 3.63) is 54.9 Å². The summed E-state index contributed by atoms with van der Waals surface area (Å²) in [6, 6.07) is 9.43. The first kappa shape index (κ1) is 22.3. The van der Waals surface area contributed by atoms with E-state index in [9.17, 15) is 9.90 Å². The predicted octanol–water partition coefficient (Wildman–Crippen LogP) is 5.74. The Bertz CT molecular complexity index is 1620. The predicted molar refractivity (Wildman–Crippen MR) is 140 cm³/mol. The van der Waals surface area contributed by atoms with Gasteiger partial charge < -0.3 is 15.4 Å². The third-order valence-corrected chi connectivity index (χ3v) is 9.04. The molecule has 186 valence electrons. The van der Waals surface area contributed by atoms with Gasteiger partial charge in [0.2, 0.25) is 0 Å². The summed E-state index contributed by atoms with van der Waals surface area (Å²) >= 11 is 1.46. The number of fused-ring (bicyclic) bond motifs is 5. The van der Waals surface area contributed by atoms with Gasteiger partial charge in [0.25, 0.3) is 0 Å².